The molecule has 0 saturated carbocycles. The van der Waals surface area contributed by atoms with E-state index in [0.717, 1.165) is 0 Å². The summed E-state index contributed by atoms with van der Waals surface area (Å²) in [5, 5.41) is 14.6. The normalized spacial score (nSPS) is 11.3. The summed E-state index contributed by atoms with van der Waals surface area (Å²) in [6, 6.07) is 23.0. The molecule has 0 bridgehead atoms. The summed E-state index contributed by atoms with van der Waals surface area (Å²) in [7, 11) is 0. The molecule has 160 valence electrons. The fraction of sp³-hybridized carbons (Fsp3) is 0.167. The molecular weight excluding hydrogens is 396 g/mol. The van der Waals surface area contributed by atoms with E-state index in [4.69, 9.17) is 14.6 Å². The van der Waals surface area contributed by atoms with Crippen LogP contribution in [0.2, 0.25) is 0 Å². The van der Waals surface area contributed by atoms with E-state index in [9.17, 15) is 9.59 Å². The number of esters is 1. The van der Waals surface area contributed by atoms with Crippen LogP contribution in [-0.4, -0.2) is 36.2 Å². The van der Waals surface area contributed by atoms with Gasteiger partial charge in [0.05, 0.1) is 12.2 Å². The van der Waals surface area contributed by atoms with Crippen LogP contribution in [0.4, 0.5) is 11.4 Å². The van der Waals surface area contributed by atoms with Gasteiger partial charge in [-0.3, -0.25) is 4.79 Å². The molecule has 3 rings (SSSR count). The predicted molar refractivity (Wildman–Crippen MR) is 118 cm³/mol. The van der Waals surface area contributed by atoms with Gasteiger partial charge >= 0.3 is 5.97 Å². The highest BCUT2D eigenvalue weighted by molar-refractivity contribution is 5.99. The van der Waals surface area contributed by atoms with Gasteiger partial charge in [0.15, 0.2) is 6.10 Å². The lowest BCUT2D eigenvalue weighted by molar-refractivity contribution is -0.123. The maximum Gasteiger partial charge on any atom is 0.341 e. The average Bonchev–Trinajstić information content (AvgIpc) is 2.79. The Kier molecular flexibility index (Phi) is 7.61. The standard InChI is InChI=1S/C24H24N2O5/c1-17(30-24(29)21-9-5-6-10-22(21)25-15-16-27)23(28)26-18-11-13-20(14-12-18)31-19-7-3-2-4-8-19/h2-14,17,25,27H,15-16H2,1H3,(H,26,28)/t17-/m1/s1. The number of aliphatic hydroxyl groups excluding tert-OH is 1. The number of amides is 1. The quantitative estimate of drug-likeness (QED) is 0.452. The number of hydrogen-bond acceptors (Lipinski definition) is 6. The highest BCUT2D eigenvalue weighted by Gasteiger charge is 2.21. The molecule has 3 aromatic carbocycles. The first-order valence-electron chi connectivity index (χ1n) is 9.85. The van der Waals surface area contributed by atoms with Crippen molar-refractivity contribution >= 4 is 23.3 Å². The summed E-state index contributed by atoms with van der Waals surface area (Å²) in [6.07, 6.45) is -1.00. The Morgan fingerprint density at radius 3 is 2.26 bits per heavy atom. The molecule has 3 N–H and O–H groups in total. The minimum atomic E-state index is -1.00. The number of nitrogens with one attached hydrogen (secondary N) is 2. The molecular formula is C24H24N2O5. The van der Waals surface area contributed by atoms with Gasteiger partial charge in [0, 0.05) is 17.9 Å². The van der Waals surface area contributed by atoms with Gasteiger partial charge in [0.2, 0.25) is 0 Å². The van der Waals surface area contributed by atoms with Crippen molar-refractivity contribution in [3.8, 4) is 11.5 Å². The second kappa shape index (κ2) is 10.8. The van der Waals surface area contributed by atoms with Gasteiger partial charge in [0.1, 0.15) is 11.5 Å². The molecule has 0 aliphatic heterocycles. The van der Waals surface area contributed by atoms with Crippen molar-refractivity contribution in [2.45, 2.75) is 13.0 Å². The van der Waals surface area contributed by atoms with Crippen LogP contribution < -0.4 is 15.4 Å². The smallest absolute Gasteiger partial charge is 0.341 e. The van der Waals surface area contributed by atoms with Crippen LogP contribution in [0, 0.1) is 0 Å². The Morgan fingerprint density at radius 2 is 1.55 bits per heavy atom. The van der Waals surface area contributed by atoms with Gasteiger partial charge in [-0.2, -0.15) is 0 Å². The molecule has 0 radical (unpaired) electrons. The Morgan fingerprint density at radius 1 is 0.903 bits per heavy atom. The molecule has 1 atom stereocenters. The third-order valence-electron chi connectivity index (χ3n) is 4.33. The topological polar surface area (TPSA) is 96.9 Å². The van der Waals surface area contributed by atoms with E-state index in [1.165, 1.54) is 6.92 Å². The zero-order valence-corrected chi connectivity index (χ0v) is 17.1. The van der Waals surface area contributed by atoms with E-state index >= 15 is 0 Å². The van der Waals surface area contributed by atoms with Gasteiger partial charge in [-0.05, 0) is 55.5 Å². The first-order chi connectivity index (χ1) is 15.1. The largest absolute Gasteiger partial charge is 0.457 e. The summed E-state index contributed by atoms with van der Waals surface area (Å²) in [5.74, 6) is 0.269. The molecule has 0 aromatic heterocycles. The molecule has 0 unspecified atom stereocenters. The van der Waals surface area contributed by atoms with E-state index in [1.54, 1.807) is 48.5 Å². The predicted octanol–water partition coefficient (Wildman–Crippen LogP) is 4.07. The van der Waals surface area contributed by atoms with Crippen LogP contribution in [0.1, 0.15) is 17.3 Å². The van der Waals surface area contributed by atoms with E-state index in [1.807, 2.05) is 30.3 Å². The van der Waals surface area contributed by atoms with Crippen molar-refractivity contribution in [1.29, 1.82) is 0 Å². The Balaban J connectivity index is 1.56. The van der Waals surface area contributed by atoms with Crippen LogP contribution in [-0.2, 0) is 9.53 Å². The summed E-state index contributed by atoms with van der Waals surface area (Å²) < 4.78 is 11.0. The lowest BCUT2D eigenvalue weighted by atomic mass is 10.1. The number of rotatable bonds is 9. The van der Waals surface area contributed by atoms with E-state index in [0.29, 0.717) is 29.4 Å². The Hall–Kier alpha value is -3.84. The lowest BCUT2D eigenvalue weighted by Gasteiger charge is -2.16. The van der Waals surface area contributed by atoms with Crippen LogP contribution >= 0.6 is 0 Å². The van der Waals surface area contributed by atoms with E-state index < -0.39 is 18.0 Å². The third-order valence-corrected chi connectivity index (χ3v) is 4.33. The van der Waals surface area contributed by atoms with Crippen LogP contribution in [0.15, 0.2) is 78.9 Å². The monoisotopic (exact) mass is 420 g/mol. The molecule has 7 nitrogen and oxygen atoms in total. The maximum atomic E-state index is 12.5. The van der Waals surface area contributed by atoms with Crippen molar-refractivity contribution in [3.63, 3.8) is 0 Å². The summed E-state index contributed by atoms with van der Waals surface area (Å²) >= 11 is 0. The molecule has 31 heavy (non-hydrogen) atoms. The molecule has 0 fully saturated rings. The van der Waals surface area contributed by atoms with Crippen molar-refractivity contribution in [1.82, 2.24) is 0 Å². The number of para-hydroxylation sites is 2. The fourth-order valence-electron chi connectivity index (χ4n) is 2.76. The number of carbonyl (C=O) groups excluding carboxylic acids is 2. The molecule has 0 saturated heterocycles. The number of benzene rings is 3. The second-order valence-electron chi connectivity index (χ2n) is 6.67. The number of aliphatic hydroxyl groups is 1. The minimum absolute atomic E-state index is 0.0721. The molecule has 0 aliphatic rings. The van der Waals surface area contributed by atoms with Gasteiger partial charge in [-0.15, -0.1) is 0 Å². The van der Waals surface area contributed by atoms with Crippen LogP contribution in [0.25, 0.3) is 0 Å². The zero-order chi connectivity index (χ0) is 22.1. The average molecular weight is 420 g/mol. The van der Waals surface area contributed by atoms with Crippen molar-refractivity contribution < 1.29 is 24.2 Å². The van der Waals surface area contributed by atoms with Crippen LogP contribution in [0.3, 0.4) is 0 Å². The molecule has 0 heterocycles. The van der Waals surface area contributed by atoms with E-state index in [2.05, 4.69) is 10.6 Å². The molecule has 0 aliphatic carbocycles. The van der Waals surface area contributed by atoms with Crippen molar-refractivity contribution in [2.24, 2.45) is 0 Å². The number of ether oxygens (including phenoxy) is 2. The highest BCUT2D eigenvalue weighted by Crippen LogP contribution is 2.23. The van der Waals surface area contributed by atoms with Gasteiger partial charge in [0.25, 0.3) is 5.91 Å². The fourth-order valence-corrected chi connectivity index (χ4v) is 2.76. The summed E-state index contributed by atoms with van der Waals surface area (Å²) in [4.78, 5) is 24.9. The number of hydrogen-bond donors (Lipinski definition) is 3. The molecule has 3 aromatic rings. The first-order valence-corrected chi connectivity index (χ1v) is 9.85. The Bertz CT molecular complexity index is 1010. The van der Waals surface area contributed by atoms with E-state index in [-0.39, 0.29) is 12.2 Å². The van der Waals surface area contributed by atoms with Crippen molar-refractivity contribution in [2.75, 3.05) is 23.8 Å². The molecule has 7 heteroatoms. The summed E-state index contributed by atoms with van der Waals surface area (Å²) in [6.45, 7) is 1.73. The van der Waals surface area contributed by atoms with Gasteiger partial charge < -0.3 is 25.2 Å². The second-order valence-corrected chi connectivity index (χ2v) is 6.67. The SMILES string of the molecule is C[C@@H](OC(=O)c1ccccc1NCCO)C(=O)Nc1ccc(Oc2ccccc2)cc1. The minimum Gasteiger partial charge on any atom is -0.457 e. The zero-order valence-electron chi connectivity index (χ0n) is 17.1. The van der Waals surface area contributed by atoms with Crippen molar-refractivity contribution in [3.05, 3.63) is 84.4 Å². The van der Waals surface area contributed by atoms with Gasteiger partial charge in [-0.25, -0.2) is 4.79 Å². The Labute approximate surface area is 180 Å². The lowest BCUT2D eigenvalue weighted by Crippen LogP contribution is -2.30. The number of anilines is 2. The highest BCUT2D eigenvalue weighted by atomic mass is 16.5. The molecule has 1 amide bonds. The first kappa shape index (κ1) is 21.9. The molecule has 0 spiro atoms. The number of carbonyl (C=O) groups is 2. The van der Waals surface area contributed by atoms with Gasteiger partial charge in [-0.1, -0.05) is 30.3 Å². The van der Waals surface area contributed by atoms with Crippen LogP contribution in [0.5, 0.6) is 11.5 Å². The third kappa shape index (κ3) is 6.32. The maximum absolute atomic E-state index is 12.5. The summed E-state index contributed by atoms with van der Waals surface area (Å²) in [5.41, 5.74) is 1.37.